The minimum atomic E-state index is -0.940. The minimum absolute atomic E-state index is 0.518. The third-order valence-corrected chi connectivity index (χ3v) is 1.45. The Bertz CT molecular complexity index is 295. The van der Waals surface area contributed by atoms with Crippen molar-refractivity contribution in [3.05, 3.63) is 24.4 Å². The van der Waals surface area contributed by atoms with Gasteiger partial charge in [0.25, 0.3) is 0 Å². The van der Waals surface area contributed by atoms with Crippen molar-refractivity contribution in [1.82, 2.24) is 15.5 Å². The number of nitrogens with one attached hydrogen (secondary N) is 1. The zero-order valence-corrected chi connectivity index (χ0v) is 7.51. The molecule has 1 rings (SSSR count). The quantitative estimate of drug-likeness (QED) is 0.486. The lowest BCUT2D eigenvalue weighted by Crippen LogP contribution is -2.17. The first-order valence-electron chi connectivity index (χ1n) is 4.14. The van der Waals surface area contributed by atoms with Gasteiger partial charge in [-0.05, 0) is 0 Å². The van der Waals surface area contributed by atoms with Gasteiger partial charge in [-0.2, -0.15) is 4.98 Å². The Hall–Kier alpha value is -1.69. The summed E-state index contributed by atoms with van der Waals surface area (Å²) in [6, 6.07) is 0. The fourth-order valence-electron chi connectivity index (χ4n) is 0.848. The first-order valence-corrected chi connectivity index (χ1v) is 4.14. The predicted octanol–water partition coefficient (Wildman–Crippen LogP) is -0.158. The molecule has 0 unspecified atom stereocenters. The van der Waals surface area contributed by atoms with E-state index in [1.165, 1.54) is 6.39 Å². The highest BCUT2D eigenvalue weighted by molar-refractivity contribution is 5.79. The monoisotopic (exact) mass is 197 g/mol. The minimum Gasteiger partial charge on any atom is -0.478 e. The molecule has 0 aromatic carbocycles. The Morgan fingerprint density at radius 3 is 3.21 bits per heavy atom. The van der Waals surface area contributed by atoms with Crippen molar-refractivity contribution in [2.24, 2.45) is 0 Å². The van der Waals surface area contributed by atoms with Crippen LogP contribution in [0.4, 0.5) is 0 Å². The van der Waals surface area contributed by atoms with Crippen molar-refractivity contribution in [2.75, 3.05) is 13.1 Å². The molecule has 1 heterocycles. The van der Waals surface area contributed by atoms with Crippen LogP contribution in [0.15, 0.2) is 23.1 Å². The van der Waals surface area contributed by atoms with Crippen LogP contribution in [0.3, 0.4) is 0 Å². The second-order valence-corrected chi connectivity index (χ2v) is 2.54. The highest BCUT2D eigenvalue weighted by atomic mass is 16.5. The van der Waals surface area contributed by atoms with Gasteiger partial charge in [-0.3, -0.25) is 0 Å². The molecule has 6 heteroatoms. The van der Waals surface area contributed by atoms with Gasteiger partial charge in [0.2, 0.25) is 6.39 Å². The standard InChI is InChI=1S/C8H11N3O3/c12-8(13)2-1-4-9-5-3-7-10-6-14-11-7/h1-2,6,9H,3-5H2,(H,12,13)/b2-1+. The molecule has 0 saturated heterocycles. The molecule has 0 saturated carbocycles. The summed E-state index contributed by atoms with van der Waals surface area (Å²) in [5.74, 6) is -0.301. The van der Waals surface area contributed by atoms with Crippen LogP contribution in [0, 0.1) is 0 Å². The predicted molar refractivity (Wildman–Crippen MR) is 47.6 cm³/mol. The first-order chi connectivity index (χ1) is 6.79. The van der Waals surface area contributed by atoms with Gasteiger partial charge < -0.3 is 14.9 Å². The molecule has 6 nitrogen and oxygen atoms in total. The smallest absolute Gasteiger partial charge is 0.328 e. The normalized spacial score (nSPS) is 10.9. The van der Waals surface area contributed by atoms with E-state index in [0.717, 1.165) is 6.08 Å². The number of carboxylic acid groups (broad SMARTS) is 1. The molecule has 0 aliphatic heterocycles. The van der Waals surface area contributed by atoms with Crippen LogP contribution in [-0.4, -0.2) is 34.3 Å². The second kappa shape index (κ2) is 5.87. The maximum absolute atomic E-state index is 10.1. The highest BCUT2D eigenvalue weighted by Crippen LogP contribution is 1.87. The molecule has 0 bridgehead atoms. The van der Waals surface area contributed by atoms with Crippen LogP contribution in [0.1, 0.15) is 5.82 Å². The molecule has 0 fully saturated rings. The van der Waals surface area contributed by atoms with Crippen LogP contribution in [-0.2, 0) is 11.2 Å². The van der Waals surface area contributed by atoms with E-state index in [9.17, 15) is 4.79 Å². The van der Waals surface area contributed by atoms with Gasteiger partial charge in [0, 0.05) is 25.6 Å². The molecule has 76 valence electrons. The Balaban J connectivity index is 2.03. The van der Waals surface area contributed by atoms with E-state index in [1.54, 1.807) is 6.08 Å². The van der Waals surface area contributed by atoms with Crippen molar-refractivity contribution < 1.29 is 14.4 Å². The number of nitrogens with zero attached hydrogens (tertiary/aromatic N) is 2. The Morgan fingerprint density at radius 1 is 1.71 bits per heavy atom. The van der Waals surface area contributed by atoms with Crippen molar-refractivity contribution in [1.29, 1.82) is 0 Å². The zero-order valence-electron chi connectivity index (χ0n) is 7.51. The first kappa shape index (κ1) is 10.4. The van der Waals surface area contributed by atoms with Gasteiger partial charge in [-0.1, -0.05) is 11.2 Å². The highest BCUT2D eigenvalue weighted by Gasteiger charge is 1.95. The van der Waals surface area contributed by atoms with Crippen LogP contribution in [0.2, 0.25) is 0 Å². The second-order valence-electron chi connectivity index (χ2n) is 2.54. The van der Waals surface area contributed by atoms with Crippen molar-refractivity contribution in [2.45, 2.75) is 6.42 Å². The van der Waals surface area contributed by atoms with Crippen molar-refractivity contribution in [3.63, 3.8) is 0 Å². The average Bonchev–Trinajstić information content (AvgIpc) is 2.63. The van der Waals surface area contributed by atoms with Gasteiger partial charge in [0.05, 0.1) is 0 Å². The average molecular weight is 197 g/mol. The summed E-state index contributed by atoms with van der Waals surface area (Å²) < 4.78 is 4.54. The van der Waals surface area contributed by atoms with Gasteiger partial charge in [0.1, 0.15) is 0 Å². The summed E-state index contributed by atoms with van der Waals surface area (Å²) in [6.45, 7) is 1.20. The lowest BCUT2D eigenvalue weighted by atomic mass is 10.4. The Kier molecular flexibility index (Phi) is 4.36. The number of carbonyl (C=O) groups is 1. The molecule has 0 spiro atoms. The van der Waals surface area contributed by atoms with Crippen molar-refractivity contribution >= 4 is 5.97 Å². The topological polar surface area (TPSA) is 88.2 Å². The molecule has 14 heavy (non-hydrogen) atoms. The molecular formula is C8H11N3O3. The van der Waals surface area contributed by atoms with Gasteiger partial charge in [-0.15, -0.1) is 0 Å². The van der Waals surface area contributed by atoms with E-state index >= 15 is 0 Å². The Morgan fingerprint density at radius 2 is 2.57 bits per heavy atom. The summed E-state index contributed by atoms with van der Waals surface area (Å²) in [5.41, 5.74) is 0. The van der Waals surface area contributed by atoms with E-state index in [2.05, 4.69) is 20.0 Å². The summed E-state index contributed by atoms with van der Waals surface area (Å²) in [7, 11) is 0. The summed E-state index contributed by atoms with van der Waals surface area (Å²) >= 11 is 0. The molecule has 0 aliphatic rings. The lowest BCUT2D eigenvalue weighted by molar-refractivity contribution is -0.131. The molecular weight excluding hydrogens is 186 g/mol. The Labute approximate surface area is 80.6 Å². The fraction of sp³-hybridized carbons (Fsp3) is 0.375. The molecule has 2 N–H and O–H groups in total. The van der Waals surface area contributed by atoms with Crippen LogP contribution >= 0.6 is 0 Å². The summed E-state index contributed by atoms with van der Waals surface area (Å²) in [4.78, 5) is 13.9. The summed E-state index contributed by atoms with van der Waals surface area (Å²) in [5, 5.41) is 14.9. The number of aliphatic carboxylic acids is 1. The zero-order chi connectivity index (χ0) is 10.2. The number of aromatic nitrogens is 2. The largest absolute Gasteiger partial charge is 0.478 e. The molecule has 0 aliphatic carbocycles. The third-order valence-electron chi connectivity index (χ3n) is 1.45. The van der Waals surface area contributed by atoms with Crippen LogP contribution < -0.4 is 5.32 Å². The number of hydrogen-bond donors (Lipinski definition) is 2. The summed E-state index contributed by atoms with van der Waals surface area (Å²) in [6.07, 6.45) is 4.58. The molecule has 0 atom stereocenters. The van der Waals surface area contributed by atoms with Gasteiger partial charge in [0.15, 0.2) is 5.82 Å². The van der Waals surface area contributed by atoms with Crippen LogP contribution in [0.25, 0.3) is 0 Å². The number of rotatable bonds is 6. The van der Waals surface area contributed by atoms with E-state index < -0.39 is 5.97 Å². The number of carboxylic acids is 1. The fourth-order valence-corrected chi connectivity index (χ4v) is 0.848. The molecule has 1 aromatic rings. The molecule has 1 aromatic heterocycles. The molecule has 0 radical (unpaired) electrons. The lowest BCUT2D eigenvalue weighted by Gasteiger charge is -1.96. The maximum Gasteiger partial charge on any atom is 0.328 e. The maximum atomic E-state index is 10.1. The SMILES string of the molecule is O=C(O)/C=C/CNCCc1ncon1. The van der Waals surface area contributed by atoms with E-state index in [4.69, 9.17) is 5.11 Å². The van der Waals surface area contributed by atoms with E-state index in [-0.39, 0.29) is 0 Å². The van der Waals surface area contributed by atoms with Gasteiger partial charge >= 0.3 is 5.97 Å². The van der Waals surface area contributed by atoms with Crippen LogP contribution in [0.5, 0.6) is 0 Å². The van der Waals surface area contributed by atoms with Crippen molar-refractivity contribution in [3.8, 4) is 0 Å². The van der Waals surface area contributed by atoms with Gasteiger partial charge in [-0.25, -0.2) is 4.79 Å². The van der Waals surface area contributed by atoms with E-state index in [0.29, 0.717) is 25.3 Å². The number of hydrogen-bond acceptors (Lipinski definition) is 5. The van der Waals surface area contributed by atoms with E-state index in [1.807, 2.05) is 0 Å². The third kappa shape index (κ3) is 4.36. The molecule has 0 amide bonds.